The first-order valence-electron chi connectivity index (χ1n) is 19.6. The number of nitrogens with one attached hydrogen (secondary N) is 1. The molecule has 8 heteroatoms. The summed E-state index contributed by atoms with van der Waals surface area (Å²) in [6.45, 7) is 0. The summed E-state index contributed by atoms with van der Waals surface area (Å²) < 4.78 is 3.26. The number of hydrogen-bond acceptors (Lipinski definition) is 4. The Balaban J connectivity index is 0.000000117. The van der Waals surface area contributed by atoms with Gasteiger partial charge in [-0.05, 0) is 108 Å². The van der Waals surface area contributed by atoms with E-state index in [4.69, 9.17) is 21.6 Å². The second-order valence-corrected chi connectivity index (χ2v) is 16.1. The predicted octanol–water partition coefficient (Wildman–Crippen LogP) is 14.4. The van der Waals surface area contributed by atoms with Gasteiger partial charge in [-0.25, -0.2) is 9.97 Å². The van der Waals surface area contributed by atoms with Crippen molar-refractivity contribution in [3.8, 4) is 11.4 Å². The van der Waals surface area contributed by atoms with E-state index in [1.165, 1.54) is 59.2 Å². The zero-order valence-corrected chi connectivity index (χ0v) is 34.8. The summed E-state index contributed by atoms with van der Waals surface area (Å²) in [4.78, 5) is 21.6. The molecule has 0 saturated carbocycles. The van der Waals surface area contributed by atoms with Gasteiger partial charge in [0, 0.05) is 43.9 Å². The Morgan fingerprint density at radius 1 is 0.483 bits per heavy atom. The third-order valence-electron chi connectivity index (χ3n) is 11.2. The summed E-state index contributed by atoms with van der Waals surface area (Å²) in [6.07, 6.45) is 7.24. The summed E-state index contributed by atoms with van der Waals surface area (Å²) in [5.74, 6) is 0.924. The van der Waals surface area contributed by atoms with Crippen molar-refractivity contribution in [3.63, 3.8) is 0 Å². The van der Waals surface area contributed by atoms with Crippen LogP contribution >= 0.6 is 34.2 Å². The smallest absolute Gasteiger partial charge is 0.147 e. The number of nitrogens with zero attached hydrogens (tertiary/aromatic N) is 5. The van der Waals surface area contributed by atoms with Crippen LogP contribution < -0.4 is 0 Å². The van der Waals surface area contributed by atoms with Gasteiger partial charge in [-0.15, -0.1) is 0 Å². The second kappa shape index (κ2) is 15.0. The lowest BCUT2D eigenvalue weighted by molar-refractivity contribution is 1.27. The summed E-state index contributed by atoms with van der Waals surface area (Å²) >= 11 is 7.79. The van der Waals surface area contributed by atoms with E-state index in [-0.39, 0.29) is 0 Å². The lowest BCUT2D eigenvalue weighted by atomic mass is 9.93. The molecule has 0 radical (unpaired) electrons. The minimum absolute atomic E-state index is 0.764. The minimum atomic E-state index is 0.764. The molecule has 13 aromatic rings. The number of aromatic amines is 1. The van der Waals surface area contributed by atoms with Crippen molar-refractivity contribution in [1.82, 2.24) is 29.3 Å². The molecule has 0 unspecified atom stereocenters. The van der Waals surface area contributed by atoms with E-state index >= 15 is 0 Å². The molecular weight excluding hydrogens is 871 g/mol. The molecule has 8 aromatic carbocycles. The van der Waals surface area contributed by atoms with E-state index in [0.29, 0.717) is 0 Å². The van der Waals surface area contributed by atoms with E-state index < -0.39 is 0 Å². The van der Waals surface area contributed by atoms with Crippen LogP contribution in [0.5, 0.6) is 0 Å². The van der Waals surface area contributed by atoms with Crippen LogP contribution in [0.2, 0.25) is 5.02 Å². The molecule has 13 rings (SSSR count). The van der Waals surface area contributed by atoms with Gasteiger partial charge in [0.15, 0.2) is 0 Å². The van der Waals surface area contributed by atoms with E-state index in [1.807, 2.05) is 36.7 Å². The number of rotatable bonds is 1. The number of H-pyrrole nitrogens is 1. The zero-order chi connectivity index (χ0) is 40.2. The van der Waals surface area contributed by atoms with Gasteiger partial charge in [0.2, 0.25) is 0 Å². The van der Waals surface area contributed by atoms with Crippen LogP contribution in [0.1, 0.15) is 0 Å². The van der Waals surface area contributed by atoms with Crippen molar-refractivity contribution in [2.75, 3.05) is 0 Å². The van der Waals surface area contributed by atoms with Crippen molar-refractivity contribution in [3.05, 3.63) is 197 Å². The van der Waals surface area contributed by atoms with Crippen LogP contribution in [0.25, 0.3) is 104 Å². The maximum absolute atomic E-state index is 5.66. The third-order valence-corrected chi connectivity index (χ3v) is 12.7. The molecule has 0 spiro atoms. The van der Waals surface area contributed by atoms with E-state index in [1.54, 1.807) is 18.5 Å². The molecule has 0 bridgehead atoms. The van der Waals surface area contributed by atoms with E-state index in [2.05, 4.69) is 175 Å². The number of halogens is 2. The Hall–Kier alpha value is -6.94. The van der Waals surface area contributed by atoms with Crippen molar-refractivity contribution in [1.29, 1.82) is 0 Å². The van der Waals surface area contributed by atoms with Crippen LogP contribution in [0, 0.1) is 3.57 Å². The predicted molar refractivity (Wildman–Crippen MR) is 259 cm³/mol. The van der Waals surface area contributed by atoms with Crippen molar-refractivity contribution in [2.24, 2.45) is 0 Å². The molecule has 0 aliphatic rings. The van der Waals surface area contributed by atoms with Gasteiger partial charge >= 0.3 is 0 Å². The fraction of sp³-hybridized carbons (Fsp3) is 0. The third kappa shape index (κ3) is 6.08. The van der Waals surface area contributed by atoms with Crippen molar-refractivity contribution >= 4 is 127 Å². The summed E-state index contributed by atoms with van der Waals surface area (Å²) in [6, 6.07) is 57.0. The highest BCUT2D eigenvalue weighted by Crippen LogP contribution is 2.42. The fourth-order valence-electron chi connectivity index (χ4n) is 8.56. The monoisotopic (exact) mass is 902 g/mol. The zero-order valence-electron chi connectivity index (χ0n) is 31.9. The summed E-state index contributed by atoms with van der Waals surface area (Å²) in [7, 11) is 0. The number of benzene rings is 8. The standard InChI is InChI=1S/C26H15N3.C21H14N2.C5H3ClIN/c1-3-9-18-16(7-1)17-8-2-4-10-19(17)25-24(18)20-13-14-27-15-23(20)29-22-12-6-5-11-21(22)28-26(25)29;1-2-8-15-14(7-1)13-18(17-10-4-3-9-16(15)17)21-22-19-11-5-6-12-20(19)23-21;6-4-1-2-8-3-5(4)7/h1-15H;1-13H,(H,22,23);1-3H. The highest BCUT2D eigenvalue weighted by molar-refractivity contribution is 14.1. The van der Waals surface area contributed by atoms with Gasteiger partial charge < -0.3 is 4.98 Å². The van der Waals surface area contributed by atoms with Crippen LogP contribution in [0.3, 0.4) is 0 Å². The van der Waals surface area contributed by atoms with Crippen LogP contribution in [-0.4, -0.2) is 29.3 Å². The van der Waals surface area contributed by atoms with Crippen LogP contribution in [0.4, 0.5) is 0 Å². The molecule has 6 nitrogen and oxygen atoms in total. The molecule has 0 fully saturated rings. The molecule has 0 aliphatic carbocycles. The fourth-order valence-corrected chi connectivity index (χ4v) is 9.00. The van der Waals surface area contributed by atoms with E-state index in [0.717, 1.165) is 53.2 Å². The van der Waals surface area contributed by atoms with Crippen molar-refractivity contribution < 1.29 is 0 Å². The first-order valence-corrected chi connectivity index (χ1v) is 21.0. The first-order chi connectivity index (χ1) is 29.6. The molecule has 60 heavy (non-hydrogen) atoms. The Morgan fingerprint density at radius 3 is 1.78 bits per heavy atom. The Morgan fingerprint density at radius 2 is 1.07 bits per heavy atom. The second-order valence-electron chi connectivity index (χ2n) is 14.6. The normalized spacial score (nSPS) is 11.5. The Labute approximate surface area is 362 Å². The molecule has 0 atom stereocenters. The average Bonchev–Trinajstić information content (AvgIpc) is 3.93. The number of aromatic nitrogens is 6. The summed E-state index contributed by atoms with van der Waals surface area (Å²) in [5, 5.41) is 14.5. The molecule has 284 valence electrons. The maximum Gasteiger partial charge on any atom is 0.147 e. The lowest BCUT2D eigenvalue weighted by Crippen LogP contribution is -1.94. The number of pyridine rings is 3. The molecule has 0 saturated heterocycles. The minimum Gasteiger partial charge on any atom is -0.338 e. The quantitative estimate of drug-likeness (QED) is 0.132. The molecule has 1 N–H and O–H groups in total. The van der Waals surface area contributed by atoms with Gasteiger partial charge in [0.25, 0.3) is 0 Å². The van der Waals surface area contributed by atoms with Crippen LogP contribution in [0.15, 0.2) is 189 Å². The first kappa shape index (κ1) is 36.2. The topological polar surface area (TPSA) is 71.8 Å². The lowest BCUT2D eigenvalue weighted by Gasteiger charge is -2.14. The maximum atomic E-state index is 5.66. The van der Waals surface area contributed by atoms with Gasteiger partial charge in [0.1, 0.15) is 11.5 Å². The Bertz CT molecular complexity index is 3730. The molecule has 0 amide bonds. The van der Waals surface area contributed by atoms with Crippen molar-refractivity contribution in [2.45, 2.75) is 0 Å². The highest BCUT2D eigenvalue weighted by Gasteiger charge is 2.19. The average molecular weight is 903 g/mol. The Kier molecular flexibility index (Phi) is 9.05. The summed E-state index contributed by atoms with van der Waals surface area (Å²) in [5.41, 5.74) is 7.41. The van der Waals surface area contributed by atoms with E-state index in [9.17, 15) is 0 Å². The molecular formula is C52H32ClIN6. The number of fused-ring (bicyclic) bond motifs is 17. The molecule has 5 heterocycles. The van der Waals surface area contributed by atoms with Gasteiger partial charge in [-0.3, -0.25) is 14.4 Å². The van der Waals surface area contributed by atoms with Crippen LogP contribution in [-0.2, 0) is 0 Å². The van der Waals surface area contributed by atoms with Gasteiger partial charge in [-0.1, -0.05) is 133 Å². The highest BCUT2D eigenvalue weighted by atomic mass is 127. The number of para-hydroxylation sites is 4. The SMILES string of the molecule is Clc1ccncc1I.c1ccc2c(c1)cc(-c1nc3ccccc3[nH]1)c1ccccc12.c1ccc2c(c1)nc1c3c4ccccc4c4ccccc4c3c3ccncc3n21. The number of imidazole rings is 2. The number of hydrogen-bond donors (Lipinski definition) is 1. The largest absolute Gasteiger partial charge is 0.338 e. The van der Waals surface area contributed by atoms with Gasteiger partial charge in [-0.2, -0.15) is 0 Å². The van der Waals surface area contributed by atoms with Gasteiger partial charge in [0.05, 0.1) is 38.8 Å². The molecule has 5 aromatic heterocycles. The molecule has 0 aliphatic heterocycles.